The van der Waals surface area contributed by atoms with Crippen molar-refractivity contribution in [1.29, 1.82) is 0 Å². The number of benzene rings is 1. The van der Waals surface area contributed by atoms with Crippen molar-refractivity contribution in [3.63, 3.8) is 0 Å². The van der Waals surface area contributed by atoms with Crippen molar-refractivity contribution in [3.05, 3.63) is 46.1 Å². The zero-order valence-electron chi connectivity index (χ0n) is 13.3. The first-order valence-electron chi connectivity index (χ1n) is 7.39. The fourth-order valence-electron chi connectivity index (χ4n) is 2.40. The van der Waals surface area contributed by atoms with Gasteiger partial charge in [-0.15, -0.1) is 0 Å². The molecule has 0 fully saturated rings. The van der Waals surface area contributed by atoms with E-state index in [4.69, 9.17) is 20.6 Å². The molecule has 4 N–H and O–H groups in total. The van der Waals surface area contributed by atoms with E-state index in [1.165, 1.54) is 6.07 Å². The zero-order chi connectivity index (χ0) is 17.3. The van der Waals surface area contributed by atoms with E-state index >= 15 is 0 Å². The smallest absolute Gasteiger partial charge is 0.336 e. The normalized spacial score (nSPS) is 11.1. The molecule has 0 amide bonds. The van der Waals surface area contributed by atoms with E-state index in [2.05, 4.69) is 15.0 Å². The largest absolute Gasteiger partial charge is 0.485 e. The molecule has 0 bridgehead atoms. The number of nitrogens with zero attached hydrogens (tertiary/aromatic N) is 3. The van der Waals surface area contributed by atoms with E-state index < -0.39 is 0 Å². The monoisotopic (exact) mass is 327 g/mol. The predicted octanol–water partition coefficient (Wildman–Crippen LogP) is 1.84. The maximum atomic E-state index is 11.7. The Labute approximate surface area is 137 Å². The van der Waals surface area contributed by atoms with Crippen molar-refractivity contribution in [2.75, 3.05) is 11.5 Å². The molecule has 8 nitrogen and oxygen atoms in total. The molecule has 2 heterocycles. The highest BCUT2D eigenvalue weighted by atomic mass is 16.5. The summed E-state index contributed by atoms with van der Waals surface area (Å²) in [6, 6.07) is 6.83. The van der Waals surface area contributed by atoms with E-state index in [1.54, 1.807) is 12.1 Å². The minimum absolute atomic E-state index is 0.0344. The average molecular weight is 327 g/mol. The first-order chi connectivity index (χ1) is 11.4. The third-order valence-corrected chi connectivity index (χ3v) is 3.45. The lowest BCUT2D eigenvalue weighted by molar-refractivity contribution is 0.296. The number of fused-ring (bicyclic) bond motifs is 1. The molecule has 0 radical (unpaired) electrons. The van der Waals surface area contributed by atoms with E-state index in [9.17, 15) is 4.79 Å². The van der Waals surface area contributed by atoms with Gasteiger partial charge in [0.15, 0.2) is 5.82 Å². The van der Waals surface area contributed by atoms with Gasteiger partial charge in [0.1, 0.15) is 17.9 Å². The number of nitrogens with two attached hydrogens (primary N) is 2. The highest BCUT2D eigenvalue weighted by Gasteiger charge is 2.10. The first-order valence-corrected chi connectivity index (χ1v) is 7.39. The van der Waals surface area contributed by atoms with Gasteiger partial charge < -0.3 is 20.6 Å². The molecule has 3 rings (SSSR count). The minimum Gasteiger partial charge on any atom is -0.485 e. The maximum absolute atomic E-state index is 11.7. The summed E-state index contributed by atoms with van der Waals surface area (Å²) in [7, 11) is 0. The van der Waals surface area contributed by atoms with Crippen LogP contribution in [-0.2, 0) is 6.61 Å². The SMILES string of the molecule is CC(C)c1cc(=O)oc2cc(OCc3nc(N)nc(N)n3)ccc12. The number of aromatic nitrogens is 3. The third kappa shape index (κ3) is 3.27. The molecular weight excluding hydrogens is 310 g/mol. The Hall–Kier alpha value is -3.16. The zero-order valence-corrected chi connectivity index (χ0v) is 13.3. The lowest BCUT2D eigenvalue weighted by Crippen LogP contribution is -2.09. The molecule has 1 aromatic carbocycles. The molecular formula is C16H17N5O3. The second-order valence-corrected chi connectivity index (χ2v) is 5.59. The minimum atomic E-state index is -0.388. The van der Waals surface area contributed by atoms with Crippen molar-refractivity contribution < 1.29 is 9.15 Å². The van der Waals surface area contributed by atoms with Crippen molar-refractivity contribution in [2.24, 2.45) is 0 Å². The maximum Gasteiger partial charge on any atom is 0.336 e. The van der Waals surface area contributed by atoms with Crippen molar-refractivity contribution in [3.8, 4) is 5.75 Å². The van der Waals surface area contributed by atoms with Gasteiger partial charge in [-0.2, -0.15) is 15.0 Å². The van der Waals surface area contributed by atoms with Crippen LogP contribution in [0, 0.1) is 0 Å². The fraction of sp³-hybridized carbons (Fsp3) is 0.250. The van der Waals surface area contributed by atoms with E-state index in [1.807, 2.05) is 19.9 Å². The summed E-state index contributed by atoms with van der Waals surface area (Å²) in [5.74, 6) is 1.11. The van der Waals surface area contributed by atoms with Crippen LogP contribution < -0.4 is 21.8 Å². The molecule has 0 atom stereocenters. The van der Waals surface area contributed by atoms with Gasteiger partial charge in [-0.1, -0.05) is 13.8 Å². The van der Waals surface area contributed by atoms with Crippen LogP contribution in [0.2, 0.25) is 0 Å². The molecule has 0 spiro atoms. The molecule has 0 aliphatic heterocycles. The van der Waals surface area contributed by atoms with Gasteiger partial charge in [0.05, 0.1) is 0 Å². The summed E-state index contributed by atoms with van der Waals surface area (Å²) >= 11 is 0. The summed E-state index contributed by atoms with van der Waals surface area (Å²) in [5.41, 5.74) is 12.1. The highest BCUT2D eigenvalue weighted by Crippen LogP contribution is 2.27. The Bertz CT molecular complexity index is 932. The second-order valence-electron chi connectivity index (χ2n) is 5.59. The second kappa shape index (κ2) is 6.15. The number of hydrogen-bond donors (Lipinski definition) is 2. The summed E-state index contributed by atoms with van der Waals surface area (Å²) in [6.07, 6.45) is 0. The standard InChI is InChI=1S/C16H17N5O3/c1-8(2)11-6-14(22)24-12-5-9(3-4-10(11)12)23-7-13-19-15(17)21-16(18)20-13/h3-6,8H,7H2,1-2H3,(H4,17,18,19,20,21). The Morgan fingerprint density at radius 2 is 1.83 bits per heavy atom. The molecule has 124 valence electrons. The average Bonchev–Trinajstić information content (AvgIpc) is 2.50. The molecule has 0 saturated heterocycles. The van der Waals surface area contributed by atoms with Crippen LogP contribution in [0.15, 0.2) is 33.5 Å². The molecule has 2 aromatic heterocycles. The fourth-order valence-corrected chi connectivity index (χ4v) is 2.40. The van der Waals surface area contributed by atoms with Crippen LogP contribution in [0.25, 0.3) is 11.0 Å². The van der Waals surface area contributed by atoms with Crippen molar-refractivity contribution in [1.82, 2.24) is 15.0 Å². The summed E-state index contributed by atoms with van der Waals surface area (Å²) < 4.78 is 10.9. The Morgan fingerprint density at radius 1 is 1.12 bits per heavy atom. The molecule has 8 heteroatoms. The van der Waals surface area contributed by atoms with Crippen LogP contribution in [0.1, 0.15) is 31.2 Å². The third-order valence-electron chi connectivity index (χ3n) is 3.45. The first kappa shape index (κ1) is 15.7. The number of hydrogen-bond acceptors (Lipinski definition) is 8. The Kier molecular flexibility index (Phi) is 4.03. The van der Waals surface area contributed by atoms with Gasteiger partial charge in [0.2, 0.25) is 11.9 Å². The Balaban J connectivity index is 1.89. The number of nitrogen functional groups attached to an aromatic ring is 2. The summed E-state index contributed by atoms with van der Waals surface area (Å²) in [4.78, 5) is 23.3. The quantitative estimate of drug-likeness (QED) is 0.694. The number of ether oxygens (including phenoxy) is 1. The van der Waals surface area contributed by atoms with Crippen LogP contribution in [0.3, 0.4) is 0 Å². The lowest BCUT2D eigenvalue weighted by atomic mass is 10.00. The van der Waals surface area contributed by atoms with E-state index in [0.717, 1.165) is 10.9 Å². The molecule has 24 heavy (non-hydrogen) atoms. The van der Waals surface area contributed by atoms with Gasteiger partial charge in [0.25, 0.3) is 0 Å². The number of anilines is 2. The summed E-state index contributed by atoms with van der Waals surface area (Å²) in [6.45, 7) is 4.11. The van der Waals surface area contributed by atoms with Gasteiger partial charge in [-0.05, 0) is 23.6 Å². The molecule has 0 unspecified atom stereocenters. The molecule has 3 aromatic rings. The molecule has 0 saturated carbocycles. The molecule has 0 aliphatic rings. The Morgan fingerprint density at radius 3 is 2.50 bits per heavy atom. The van der Waals surface area contributed by atoms with Crippen LogP contribution in [0.5, 0.6) is 5.75 Å². The van der Waals surface area contributed by atoms with E-state index in [-0.39, 0.29) is 30.0 Å². The predicted molar refractivity (Wildman–Crippen MR) is 89.6 cm³/mol. The van der Waals surface area contributed by atoms with Crippen LogP contribution >= 0.6 is 0 Å². The van der Waals surface area contributed by atoms with Gasteiger partial charge in [-0.3, -0.25) is 0 Å². The lowest BCUT2D eigenvalue weighted by Gasteiger charge is -2.10. The summed E-state index contributed by atoms with van der Waals surface area (Å²) in [5, 5.41) is 0.880. The van der Waals surface area contributed by atoms with Gasteiger partial charge in [0, 0.05) is 17.5 Å². The highest BCUT2D eigenvalue weighted by molar-refractivity contribution is 5.82. The van der Waals surface area contributed by atoms with Gasteiger partial charge in [-0.25, -0.2) is 4.79 Å². The van der Waals surface area contributed by atoms with Crippen molar-refractivity contribution >= 4 is 22.9 Å². The van der Waals surface area contributed by atoms with Crippen molar-refractivity contribution in [2.45, 2.75) is 26.4 Å². The van der Waals surface area contributed by atoms with Gasteiger partial charge >= 0.3 is 5.63 Å². The molecule has 0 aliphatic carbocycles. The van der Waals surface area contributed by atoms with Crippen LogP contribution in [0.4, 0.5) is 11.9 Å². The number of rotatable bonds is 4. The van der Waals surface area contributed by atoms with E-state index in [0.29, 0.717) is 17.2 Å². The van der Waals surface area contributed by atoms with Crippen LogP contribution in [-0.4, -0.2) is 15.0 Å². The topological polar surface area (TPSA) is 130 Å².